The average molecular weight is 314 g/mol. The lowest BCUT2D eigenvalue weighted by atomic mass is 10.1. The summed E-state index contributed by atoms with van der Waals surface area (Å²) in [7, 11) is -2.99. The molecule has 0 bridgehead atoms. The van der Waals surface area contributed by atoms with E-state index < -0.39 is 21.7 Å². The van der Waals surface area contributed by atoms with Crippen LogP contribution < -0.4 is 0 Å². The molecule has 0 N–H and O–H groups in total. The Labute approximate surface area is 126 Å². The molecule has 21 heavy (non-hydrogen) atoms. The predicted octanol–water partition coefficient (Wildman–Crippen LogP) is 1.77. The van der Waals surface area contributed by atoms with E-state index in [-0.39, 0.29) is 5.75 Å². The van der Waals surface area contributed by atoms with E-state index in [0.29, 0.717) is 26.2 Å². The first kappa shape index (κ1) is 16.4. The van der Waals surface area contributed by atoms with Crippen LogP contribution in [0, 0.1) is 0 Å². The van der Waals surface area contributed by atoms with Gasteiger partial charge in [0.05, 0.1) is 25.6 Å². The first-order chi connectivity index (χ1) is 9.86. The van der Waals surface area contributed by atoms with E-state index in [2.05, 4.69) is 0 Å². The van der Waals surface area contributed by atoms with Crippen LogP contribution in [0.15, 0.2) is 30.3 Å². The second kappa shape index (κ2) is 6.87. The molecule has 0 spiro atoms. The van der Waals surface area contributed by atoms with Crippen LogP contribution in [-0.4, -0.2) is 45.5 Å². The average Bonchev–Trinajstić information content (AvgIpc) is 2.45. The van der Waals surface area contributed by atoms with Crippen LogP contribution in [0.5, 0.6) is 0 Å². The Hall–Kier alpha value is -0.950. The lowest BCUT2D eigenvalue weighted by molar-refractivity contribution is -0.262. The zero-order valence-corrected chi connectivity index (χ0v) is 13.3. The molecule has 1 fully saturated rings. The molecular weight excluding hydrogens is 292 g/mol. The molecule has 0 amide bonds. The third-order valence-corrected chi connectivity index (χ3v) is 4.28. The van der Waals surface area contributed by atoms with Gasteiger partial charge in [-0.15, -0.1) is 0 Å². The Morgan fingerprint density at radius 3 is 2.43 bits per heavy atom. The highest BCUT2D eigenvalue weighted by Gasteiger charge is 2.33. The van der Waals surface area contributed by atoms with Crippen LogP contribution in [0.1, 0.15) is 18.9 Å². The van der Waals surface area contributed by atoms with Crippen molar-refractivity contribution >= 4 is 9.84 Å². The lowest BCUT2D eigenvalue weighted by Gasteiger charge is -2.37. The number of ether oxygens (including phenoxy) is 3. The zero-order valence-electron chi connectivity index (χ0n) is 12.4. The number of benzene rings is 1. The standard InChI is InChI=1S/C15H22O5S/c1-15(20-10-13-6-4-3-5-7-13)11-18-14(19-12-15)8-9-21(2,16)17/h3-7,14H,8-12H2,1-2H3. The van der Waals surface area contributed by atoms with Gasteiger partial charge in [0.2, 0.25) is 0 Å². The molecule has 1 heterocycles. The summed E-state index contributed by atoms with van der Waals surface area (Å²) in [5, 5.41) is 0. The summed E-state index contributed by atoms with van der Waals surface area (Å²) in [5.41, 5.74) is 0.593. The summed E-state index contributed by atoms with van der Waals surface area (Å²) in [4.78, 5) is 0. The van der Waals surface area contributed by atoms with Gasteiger partial charge in [0.15, 0.2) is 6.29 Å². The highest BCUT2D eigenvalue weighted by Crippen LogP contribution is 2.22. The summed E-state index contributed by atoms with van der Waals surface area (Å²) >= 11 is 0. The van der Waals surface area contributed by atoms with Crippen LogP contribution in [-0.2, 0) is 30.7 Å². The van der Waals surface area contributed by atoms with E-state index in [1.807, 2.05) is 37.3 Å². The highest BCUT2D eigenvalue weighted by molar-refractivity contribution is 7.90. The molecular formula is C15H22O5S. The lowest BCUT2D eigenvalue weighted by Crippen LogP contribution is -2.47. The molecule has 1 aliphatic heterocycles. The Morgan fingerprint density at radius 1 is 1.24 bits per heavy atom. The third kappa shape index (κ3) is 5.74. The van der Waals surface area contributed by atoms with E-state index >= 15 is 0 Å². The topological polar surface area (TPSA) is 61.8 Å². The minimum absolute atomic E-state index is 0.0687. The van der Waals surface area contributed by atoms with E-state index in [1.165, 1.54) is 6.26 Å². The normalized spacial score (nSPS) is 26.7. The smallest absolute Gasteiger partial charge is 0.158 e. The van der Waals surface area contributed by atoms with Crippen molar-refractivity contribution < 1.29 is 22.6 Å². The fourth-order valence-electron chi connectivity index (χ4n) is 2.02. The second-order valence-electron chi connectivity index (χ2n) is 5.69. The highest BCUT2D eigenvalue weighted by atomic mass is 32.2. The third-order valence-electron chi connectivity index (χ3n) is 3.30. The van der Waals surface area contributed by atoms with Gasteiger partial charge in [-0.3, -0.25) is 0 Å². The van der Waals surface area contributed by atoms with Crippen molar-refractivity contribution in [3.8, 4) is 0 Å². The van der Waals surface area contributed by atoms with Gasteiger partial charge in [0.25, 0.3) is 0 Å². The summed E-state index contributed by atoms with van der Waals surface area (Å²) in [6.07, 6.45) is 1.10. The summed E-state index contributed by atoms with van der Waals surface area (Å²) in [5.74, 6) is 0.0687. The molecule has 0 saturated carbocycles. The second-order valence-corrected chi connectivity index (χ2v) is 7.95. The number of rotatable bonds is 6. The fourth-order valence-corrected chi connectivity index (χ4v) is 2.64. The minimum atomic E-state index is -2.99. The monoisotopic (exact) mass is 314 g/mol. The maximum absolute atomic E-state index is 11.1. The van der Waals surface area contributed by atoms with Gasteiger partial charge < -0.3 is 14.2 Å². The zero-order chi connectivity index (χ0) is 15.3. The molecule has 2 rings (SSSR count). The molecule has 5 nitrogen and oxygen atoms in total. The van der Waals surface area contributed by atoms with E-state index in [9.17, 15) is 8.42 Å². The Morgan fingerprint density at radius 2 is 1.86 bits per heavy atom. The SMILES string of the molecule is CC1(OCc2ccccc2)COC(CCS(C)(=O)=O)OC1. The maximum atomic E-state index is 11.1. The van der Waals surface area contributed by atoms with Gasteiger partial charge in [-0.2, -0.15) is 0 Å². The molecule has 118 valence electrons. The first-order valence-electron chi connectivity index (χ1n) is 6.95. The number of hydrogen-bond acceptors (Lipinski definition) is 5. The van der Waals surface area contributed by atoms with E-state index in [0.717, 1.165) is 5.56 Å². The quantitative estimate of drug-likeness (QED) is 0.801. The number of hydrogen-bond donors (Lipinski definition) is 0. The molecule has 1 saturated heterocycles. The van der Waals surface area contributed by atoms with Crippen LogP contribution >= 0.6 is 0 Å². The van der Waals surface area contributed by atoms with Crippen molar-refractivity contribution in [3.63, 3.8) is 0 Å². The van der Waals surface area contributed by atoms with Gasteiger partial charge >= 0.3 is 0 Å². The van der Waals surface area contributed by atoms with Crippen molar-refractivity contribution in [1.82, 2.24) is 0 Å². The molecule has 0 radical (unpaired) electrons. The molecule has 1 aliphatic rings. The van der Waals surface area contributed by atoms with Crippen molar-refractivity contribution in [1.29, 1.82) is 0 Å². The van der Waals surface area contributed by atoms with Crippen LogP contribution in [0.4, 0.5) is 0 Å². The molecule has 0 atom stereocenters. The number of sulfone groups is 1. The molecule has 0 aromatic heterocycles. The van der Waals surface area contributed by atoms with Crippen molar-refractivity contribution in [2.75, 3.05) is 25.2 Å². The van der Waals surface area contributed by atoms with E-state index in [1.54, 1.807) is 0 Å². The summed E-state index contributed by atoms with van der Waals surface area (Å²) < 4.78 is 39.3. The van der Waals surface area contributed by atoms with Crippen LogP contribution in [0.3, 0.4) is 0 Å². The molecule has 1 aromatic rings. The van der Waals surface area contributed by atoms with Crippen LogP contribution in [0.25, 0.3) is 0 Å². The predicted molar refractivity (Wildman–Crippen MR) is 79.7 cm³/mol. The summed E-state index contributed by atoms with van der Waals surface area (Å²) in [6, 6.07) is 9.91. The molecule has 6 heteroatoms. The van der Waals surface area contributed by atoms with Crippen molar-refractivity contribution in [2.45, 2.75) is 31.8 Å². The fraction of sp³-hybridized carbons (Fsp3) is 0.600. The van der Waals surface area contributed by atoms with Gasteiger partial charge in [0, 0.05) is 12.7 Å². The van der Waals surface area contributed by atoms with E-state index in [4.69, 9.17) is 14.2 Å². The Balaban J connectivity index is 1.76. The summed E-state index contributed by atoms with van der Waals surface area (Å²) in [6.45, 7) is 3.23. The first-order valence-corrected chi connectivity index (χ1v) is 9.01. The van der Waals surface area contributed by atoms with Gasteiger partial charge in [0.1, 0.15) is 15.4 Å². The van der Waals surface area contributed by atoms with Gasteiger partial charge in [-0.25, -0.2) is 8.42 Å². The van der Waals surface area contributed by atoms with Crippen molar-refractivity contribution in [3.05, 3.63) is 35.9 Å². The van der Waals surface area contributed by atoms with Crippen LogP contribution in [0.2, 0.25) is 0 Å². The minimum Gasteiger partial charge on any atom is -0.366 e. The van der Waals surface area contributed by atoms with Gasteiger partial charge in [-0.05, 0) is 12.5 Å². The van der Waals surface area contributed by atoms with Crippen molar-refractivity contribution in [2.24, 2.45) is 0 Å². The molecule has 0 aliphatic carbocycles. The Bertz CT molecular complexity index is 532. The molecule has 1 aromatic carbocycles. The largest absolute Gasteiger partial charge is 0.366 e. The Kier molecular flexibility index (Phi) is 5.37. The molecule has 0 unspecified atom stereocenters. The maximum Gasteiger partial charge on any atom is 0.158 e. The van der Waals surface area contributed by atoms with Gasteiger partial charge in [-0.1, -0.05) is 30.3 Å².